The lowest BCUT2D eigenvalue weighted by Gasteiger charge is -2.29. The minimum Gasteiger partial charge on any atom is -0.496 e. The van der Waals surface area contributed by atoms with E-state index in [0.29, 0.717) is 13.0 Å². The van der Waals surface area contributed by atoms with Crippen molar-refractivity contribution in [1.29, 1.82) is 0 Å². The molecule has 0 saturated carbocycles. The predicted molar refractivity (Wildman–Crippen MR) is 111 cm³/mol. The number of carbonyl (C=O) groups is 1. The van der Waals surface area contributed by atoms with Gasteiger partial charge < -0.3 is 10.1 Å². The number of fused-ring (bicyclic) bond motifs is 1. The van der Waals surface area contributed by atoms with Crippen molar-refractivity contribution in [3.8, 4) is 5.75 Å². The number of benzene rings is 2. The molecule has 4 nitrogen and oxygen atoms in total. The molecule has 0 aliphatic rings. The molecule has 27 heavy (non-hydrogen) atoms. The van der Waals surface area contributed by atoms with Crippen LogP contribution in [0.5, 0.6) is 5.75 Å². The van der Waals surface area contributed by atoms with Crippen LogP contribution in [0.15, 0.2) is 48.5 Å². The van der Waals surface area contributed by atoms with Gasteiger partial charge in [-0.3, -0.25) is 4.79 Å². The van der Waals surface area contributed by atoms with Crippen molar-refractivity contribution in [2.45, 2.75) is 39.7 Å². The molecule has 142 valence electrons. The number of methoxy groups -OCH3 is 1. The molecule has 0 saturated heterocycles. The minimum atomic E-state index is -0.449. The molecule has 1 aromatic heterocycles. The summed E-state index contributed by atoms with van der Waals surface area (Å²) in [5.74, 6) is 0.875. The van der Waals surface area contributed by atoms with Gasteiger partial charge in [-0.25, -0.2) is 4.98 Å². The molecular formula is C22H26N2O2S. The van der Waals surface area contributed by atoms with Crippen molar-refractivity contribution in [3.05, 3.63) is 59.1 Å². The highest BCUT2D eigenvalue weighted by molar-refractivity contribution is 7.18. The van der Waals surface area contributed by atoms with Crippen LogP contribution in [0.4, 0.5) is 0 Å². The third-order valence-electron chi connectivity index (χ3n) is 5.29. The largest absolute Gasteiger partial charge is 0.496 e. The second-order valence-electron chi connectivity index (χ2n) is 6.73. The van der Waals surface area contributed by atoms with Crippen molar-refractivity contribution < 1.29 is 9.53 Å². The molecule has 1 amide bonds. The van der Waals surface area contributed by atoms with E-state index >= 15 is 0 Å². The van der Waals surface area contributed by atoms with Crippen LogP contribution >= 0.6 is 11.3 Å². The van der Waals surface area contributed by atoms with Gasteiger partial charge in [-0.2, -0.15) is 0 Å². The van der Waals surface area contributed by atoms with E-state index < -0.39 is 5.41 Å². The van der Waals surface area contributed by atoms with Crippen molar-refractivity contribution in [2.24, 2.45) is 5.41 Å². The minimum absolute atomic E-state index is 0.0812. The number of rotatable bonds is 8. The van der Waals surface area contributed by atoms with Crippen LogP contribution in [0.3, 0.4) is 0 Å². The molecule has 1 heterocycles. The zero-order valence-electron chi connectivity index (χ0n) is 16.1. The number of ether oxygens (including phenoxy) is 1. The maximum Gasteiger partial charge on any atom is 0.226 e. The molecule has 0 unspecified atom stereocenters. The van der Waals surface area contributed by atoms with Gasteiger partial charge in [0.15, 0.2) is 0 Å². The Kier molecular flexibility index (Phi) is 6.11. The number of hydrogen-bond acceptors (Lipinski definition) is 4. The molecule has 0 bridgehead atoms. The lowest BCUT2D eigenvalue weighted by Crippen LogP contribution is -2.41. The summed E-state index contributed by atoms with van der Waals surface area (Å²) >= 11 is 1.68. The van der Waals surface area contributed by atoms with Crippen LogP contribution in [-0.4, -0.2) is 18.0 Å². The molecule has 0 aliphatic carbocycles. The molecule has 0 aliphatic heterocycles. The predicted octanol–water partition coefficient (Wildman–Crippen LogP) is 4.97. The van der Waals surface area contributed by atoms with E-state index in [1.165, 1.54) is 4.70 Å². The van der Waals surface area contributed by atoms with Crippen LogP contribution in [0.1, 0.15) is 37.3 Å². The summed E-state index contributed by atoms with van der Waals surface area (Å²) in [5.41, 5.74) is 1.54. The Morgan fingerprint density at radius 3 is 2.52 bits per heavy atom. The van der Waals surface area contributed by atoms with Gasteiger partial charge in [-0.1, -0.05) is 44.2 Å². The van der Waals surface area contributed by atoms with E-state index in [1.54, 1.807) is 18.4 Å². The average molecular weight is 383 g/mol. The number of thiazole rings is 1. The Balaban J connectivity index is 1.77. The zero-order valence-corrected chi connectivity index (χ0v) is 16.9. The number of aromatic nitrogens is 1. The third kappa shape index (κ3) is 4.14. The summed E-state index contributed by atoms with van der Waals surface area (Å²) in [6.45, 7) is 4.63. The molecule has 2 aromatic carbocycles. The summed E-state index contributed by atoms with van der Waals surface area (Å²) in [6.07, 6.45) is 2.21. The van der Waals surface area contributed by atoms with E-state index in [1.807, 2.05) is 42.5 Å². The Labute approximate surface area is 164 Å². The molecule has 0 atom stereocenters. The van der Waals surface area contributed by atoms with Crippen molar-refractivity contribution in [1.82, 2.24) is 10.3 Å². The maximum atomic E-state index is 13.1. The van der Waals surface area contributed by atoms with Gasteiger partial charge >= 0.3 is 0 Å². The fourth-order valence-electron chi connectivity index (χ4n) is 3.40. The Morgan fingerprint density at radius 1 is 1.11 bits per heavy atom. The fourth-order valence-corrected chi connectivity index (χ4v) is 4.51. The molecule has 3 aromatic rings. The lowest BCUT2D eigenvalue weighted by molar-refractivity contribution is -0.131. The van der Waals surface area contributed by atoms with Gasteiger partial charge in [0, 0.05) is 18.5 Å². The van der Waals surface area contributed by atoms with Crippen LogP contribution in [0.25, 0.3) is 10.2 Å². The van der Waals surface area contributed by atoms with Crippen LogP contribution in [0, 0.1) is 5.41 Å². The van der Waals surface area contributed by atoms with Crippen LogP contribution < -0.4 is 10.1 Å². The van der Waals surface area contributed by atoms with Gasteiger partial charge in [0.2, 0.25) is 5.91 Å². The van der Waals surface area contributed by atoms with Gasteiger partial charge in [0.25, 0.3) is 0 Å². The van der Waals surface area contributed by atoms with Gasteiger partial charge in [0.1, 0.15) is 5.75 Å². The van der Waals surface area contributed by atoms with E-state index in [0.717, 1.165) is 34.7 Å². The van der Waals surface area contributed by atoms with E-state index in [-0.39, 0.29) is 5.91 Å². The smallest absolute Gasteiger partial charge is 0.226 e. The Hall–Kier alpha value is -2.40. The molecule has 0 fully saturated rings. The van der Waals surface area contributed by atoms with Gasteiger partial charge in [-0.15, -0.1) is 11.3 Å². The summed E-state index contributed by atoms with van der Waals surface area (Å²) < 4.78 is 6.56. The number of nitrogens with zero attached hydrogens (tertiary/aromatic N) is 1. The van der Waals surface area contributed by atoms with E-state index in [2.05, 4.69) is 25.2 Å². The normalized spacial score (nSPS) is 11.5. The average Bonchev–Trinajstić information content (AvgIpc) is 3.12. The second-order valence-corrected chi connectivity index (χ2v) is 7.85. The summed E-state index contributed by atoms with van der Waals surface area (Å²) in [4.78, 5) is 17.9. The van der Waals surface area contributed by atoms with E-state index in [9.17, 15) is 4.79 Å². The third-order valence-corrected chi connectivity index (χ3v) is 6.33. The first kappa shape index (κ1) is 19.4. The van der Waals surface area contributed by atoms with Crippen molar-refractivity contribution in [3.63, 3.8) is 0 Å². The highest BCUT2D eigenvalue weighted by atomic mass is 32.1. The Bertz CT molecular complexity index is 882. The lowest BCUT2D eigenvalue weighted by atomic mass is 9.78. The number of para-hydroxylation sites is 2. The van der Waals surface area contributed by atoms with Gasteiger partial charge in [-0.05, 0) is 31.0 Å². The molecule has 3 rings (SSSR count). The standard InChI is InChI=1S/C22H26N2O2S/c1-4-22(5-2,14-20-24-17-11-7-9-13-19(17)27-20)21(25)23-15-16-10-6-8-12-18(16)26-3/h6-13H,4-5,14-15H2,1-3H3,(H,23,25). The number of carbonyl (C=O) groups excluding carboxylic acids is 1. The molecular weight excluding hydrogens is 356 g/mol. The maximum absolute atomic E-state index is 13.1. The summed E-state index contributed by atoms with van der Waals surface area (Å²) in [5, 5.41) is 4.15. The second kappa shape index (κ2) is 8.53. The van der Waals surface area contributed by atoms with Crippen molar-refractivity contribution in [2.75, 3.05) is 7.11 Å². The van der Waals surface area contributed by atoms with E-state index in [4.69, 9.17) is 9.72 Å². The first-order valence-corrected chi connectivity index (χ1v) is 10.2. The summed E-state index contributed by atoms with van der Waals surface area (Å²) in [6, 6.07) is 15.9. The van der Waals surface area contributed by atoms with Crippen molar-refractivity contribution >= 4 is 27.5 Å². The quantitative estimate of drug-likeness (QED) is 0.598. The molecule has 1 N–H and O–H groups in total. The monoisotopic (exact) mass is 382 g/mol. The Morgan fingerprint density at radius 2 is 1.81 bits per heavy atom. The zero-order chi connectivity index (χ0) is 19.3. The number of hydrogen-bond donors (Lipinski definition) is 1. The number of amides is 1. The fraction of sp³-hybridized carbons (Fsp3) is 0.364. The number of nitrogens with one attached hydrogen (secondary N) is 1. The molecule has 5 heteroatoms. The highest BCUT2D eigenvalue weighted by Gasteiger charge is 2.36. The molecule has 0 radical (unpaired) electrons. The highest BCUT2D eigenvalue weighted by Crippen LogP contribution is 2.34. The van der Waals surface area contributed by atoms with Crippen LogP contribution in [0.2, 0.25) is 0 Å². The first-order valence-electron chi connectivity index (χ1n) is 9.36. The topological polar surface area (TPSA) is 51.2 Å². The first-order chi connectivity index (χ1) is 13.1. The van der Waals surface area contributed by atoms with Gasteiger partial charge in [0.05, 0.1) is 27.7 Å². The SMILES string of the molecule is CCC(CC)(Cc1nc2ccccc2s1)C(=O)NCc1ccccc1OC. The molecule has 0 spiro atoms. The van der Waals surface area contributed by atoms with Crippen LogP contribution in [-0.2, 0) is 17.8 Å². The summed E-state index contributed by atoms with van der Waals surface area (Å²) in [7, 11) is 1.65.